The summed E-state index contributed by atoms with van der Waals surface area (Å²) in [6, 6.07) is 8.42. The molecule has 2 aliphatic rings. The van der Waals surface area contributed by atoms with Crippen LogP contribution in [0.15, 0.2) is 29.2 Å². The van der Waals surface area contributed by atoms with Gasteiger partial charge in [-0.1, -0.05) is 18.2 Å². The van der Waals surface area contributed by atoms with Crippen LogP contribution in [0.1, 0.15) is 37.8 Å². The quantitative estimate of drug-likeness (QED) is 0.874. The van der Waals surface area contributed by atoms with E-state index in [9.17, 15) is 9.59 Å². The van der Waals surface area contributed by atoms with E-state index in [0.717, 1.165) is 31.6 Å². The second kappa shape index (κ2) is 7.25. The third-order valence-electron chi connectivity index (χ3n) is 4.37. The lowest BCUT2D eigenvalue weighted by Gasteiger charge is -2.35. The number of piperidine rings is 1. The van der Waals surface area contributed by atoms with Crippen LogP contribution in [-0.4, -0.2) is 41.7 Å². The van der Waals surface area contributed by atoms with Crippen LogP contribution in [-0.2, 0) is 4.79 Å². The van der Waals surface area contributed by atoms with E-state index in [2.05, 4.69) is 22.8 Å². The fourth-order valence-corrected chi connectivity index (χ4v) is 4.42. The highest BCUT2D eigenvalue weighted by Crippen LogP contribution is 2.35. The molecule has 0 spiro atoms. The van der Waals surface area contributed by atoms with Crippen molar-refractivity contribution in [2.75, 3.05) is 18.8 Å². The third kappa shape index (κ3) is 3.99. The molecule has 1 aromatic carbocycles. The Kier molecular flexibility index (Phi) is 5.10. The molecule has 0 aromatic heterocycles. The second-order valence-electron chi connectivity index (χ2n) is 6.16. The van der Waals surface area contributed by atoms with Gasteiger partial charge in [0.2, 0.25) is 5.91 Å². The minimum Gasteiger partial charge on any atom is -0.352 e. The van der Waals surface area contributed by atoms with E-state index in [1.54, 1.807) is 0 Å². The summed E-state index contributed by atoms with van der Waals surface area (Å²) in [5.41, 5.74) is 1.22. The molecule has 6 heteroatoms. The first kappa shape index (κ1) is 16.2. The molecule has 2 N–H and O–H groups in total. The summed E-state index contributed by atoms with van der Waals surface area (Å²) in [5, 5.41) is 6.10. The lowest BCUT2D eigenvalue weighted by molar-refractivity contribution is -0.119. The van der Waals surface area contributed by atoms with Gasteiger partial charge in [-0.15, -0.1) is 11.8 Å². The molecule has 3 amide bonds. The van der Waals surface area contributed by atoms with Crippen molar-refractivity contribution in [3.63, 3.8) is 0 Å². The number of carbonyl (C=O) groups is 2. The van der Waals surface area contributed by atoms with Gasteiger partial charge in [-0.2, -0.15) is 0 Å². The lowest BCUT2D eigenvalue weighted by atomic mass is 10.0. The predicted molar refractivity (Wildman–Crippen MR) is 91.5 cm³/mol. The van der Waals surface area contributed by atoms with Crippen LogP contribution in [0.4, 0.5) is 4.79 Å². The maximum atomic E-state index is 12.6. The molecule has 124 valence electrons. The van der Waals surface area contributed by atoms with E-state index in [-0.39, 0.29) is 24.0 Å². The second-order valence-corrected chi connectivity index (χ2v) is 7.30. The first-order valence-electron chi connectivity index (χ1n) is 8.18. The van der Waals surface area contributed by atoms with Crippen molar-refractivity contribution in [1.29, 1.82) is 0 Å². The number of amides is 3. The largest absolute Gasteiger partial charge is 0.352 e. The van der Waals surface area contributed by atoms with Crippen molar-refractivity contribution in [2.24, 2.45) is 0 Å². The molecule has 0 radical (unpaired) electrons. The average molecular weight is 333 g/mol. The van der Waals surface area contributed by atoms with Crippen LogP contribution in [0.25, 0.3) is 0 Å². The Labute approximate surface area is 141 Å². The number of rotatable bonds is 2. The molecule has 1 saturated heterocycles. The minimum absolute atomic E-state index is 0.0215. The molecule has 2 heterocycles. The summed E-state index contributed by atoms with van der Waals surface area (Å²) in [4.78, 5) is 26.9. The van der Waals surface area contributed by atoms with E-state index < -0.39 is 0 Å². The number of nitrogens with one attached hydrogen (secondary N) is 2. The number of likely N-dealkylation sites (tertiary alicyclic amines) is 1. The molecule has 1 fully saturated rings. The summed E-state index contributed by atoms with van der Waals surface area (Å²) in [5.74, 6) is 0.992. The molecular weight excluding hydrogens is 310 g/mol. The molecule has 0 saturated carbocycles. The highest BCUT2D eigenvalue weighted by atomic mass is 32.2. The van der Waals surface area contributed by atoms with Crippen LogP contribution in [0.2, 0.25) is 0 Å². The van der Waals surface area contributed by atoms with Crippen LogP contribution < -0.4 is 10.6 Å². The van der Waals surface area contributed by atoms with Crippen molar-refractivity contribution in [3.8, 4) is 0 Å². The van der Waals surface area contributed by atoms with Gasteiger partial charge in [0, 0.05) is 36.7 Å². The highest BCUT2D eigenvalue weighted by Gasteiger charge is 2.27. The van der Waals surface area contributed by atoms with Gasteiger partial charge in [-0.05, 0) is 30.9 Å². The molecule has 1 aromatic rings. The number of carbonyl (C=O) groups excluding carboxylic acids is 2. The van der Waals surface area contributed by atoms with E-state index in [1.165, 1.54) is 17.4 Å². The normalized spacial score (nSPS) is 23.8. The Hall–Kier alpha value is -1.69. The number of nitrogens with zero attached hydrogens (tertiary/aromatic N) is 1. The molecule has 23 heavy (non-hydrogen) atoms. The topological polar surface area (TPSA) is 61.4 Å². The van der Waals surface area contributed by atoms with E-state index in [0.29, 0.717) is 6.54 Å². The van der Waals surface area contributed by atoms with E-state index >= 15 is 0 Å². The van der Waals surface area contributed by atoms with E-state index in [4.69, 9.17) is 0 Å². The number of hydrogen-bond donors (Lipinski definition) is 2. The zero-order valence-corrected chi connectivity index (χ0v) is 14.2. The van der Waals surface area contributed by atoms with Gasteiger partial charge in [0.1, 0.15) is 0 Å². The average Bonchev–Trinajstić information content (AvgIpc) is 2.55. The van der Waals surface area contributed by atoms with Crippen molar-refractivity contribution in [3.05, 3.63) is 29.8 Å². The monoisotopic (exact) mass is 333 g/mol. The van der Waals surface area contributed by atoms with Crippen molar-refractivity contribution < 1.29 is 9.59 Å². The molecule has 2 atom stereocenters. The summed E-state index contributed by atoms with van der Waals surface area (Å²) in [6.07, 6.45) is 2.82. The van der Waals surface area contributed by atoms with E-state index in [1.807, 2.05) is 28.8 Å². The zero-order valence-electron chi connectivity index (χ0n) is 13.4. The standard InChI is InChI=1S/C17H23N3O2S/c1-12(21)18-13-5-4-9-20(11-13)17(22)19-15-8-10-23-16-7-3-2-6-14(15)16/h2-3,6-7,13,15H,4-5,8-11H2,1H3,(H,18,21)(H,19,22). The molecule has 0 aliphatic carbocycles. The Morgan fingerprint density at radius 3 is 2.87 bits per heavy atom. The molecule has 3 rings (SSSR count). The molecular formula is C17H23N3O2S. The summed E-state index contributed by atoms with van der Waals surface area (Å²) in [7, 11) is 0. The smallest absolute Gasteiger partial charge is 0.317 e. The van der Waals surface area contributed by atoms with Crippen LogP contribution in [0.3, 0.4) is 0 Å². The van der Waals surface area contributed by atoms with Crippen molar-refractivity contribution in [1.82, 2.24) is 15.5 Å². The maximum Gasteiger partial charge on any atom is 0.317 e. The zero-order chi connectivity index (χ0) is 16.2. The molecule has 5 nitrogen and oxygen atoms in total. The number of thioether (sulfide) groups is 1. The van der Waals surface area contributed by atoms with Crippen LogP contribution >= 0.6 is 11.8 Å². The highest BCUT2D eigenvalue weighted by molar-refractivity contribution is 7.99. The Morgan fingerprint density at radius 1 is 1.22 bits per heavy atom. The first-order valence-corrected chi connectivity index (χ1v) is 9.16. The van der Waals surface area contributed by atoms with Gasteiger partial charge >= 0.3 is 6.03 Å². The summed E-state index contributed by atoms with van der Waals surface area (Å²) >= 11 is 1.85. The van der Waals surface area contributed by atoms with Gasteiger partial charge < -0.3 is 15.5 Å². The van der Waals surface area contributed by atoms with Gasteiger partial charge in [0.25, 0.3) is 0 Å². The van der Waals surface area contributed by atoms with Gasteiger partial charge in [0.05, 0.1) is 6.04 Å². The number of benzene rings is 1. The Balaban J connectivity index is 1.62. The summed E-state index contributed by atoms with van der Waals surface area (Å²) < 4.78 is 0. The van der Waals surface area contributed by atoms with Gasteiger partial charge in [-0.3, -0.25) is 4.79 Å². The Morgan fingerprint density at radius 2 is 2.04 bits per heavy atom. The molecule has 2 aliphatic heterocycles. The SMILES string of the molecule is CC(=O)NC1CCCN(C(=O)NC2CCSc3ccccc32)C1. The maximum absolute atomic E-state index is 12.6. The van der Waals surface area contributed by atoms with Gasteiger partial charge in [0.15, 0.2) is 0 Å². The minimum atomic E-state index is -0.0320. The molecule has 0 bridgehead atoms. The first-order chi connectivity index (χ1) is 11.1. The van der Waals surface area contributed by atoms with Crippen molar-refractivity contribution >= 4 is 23.7 Å². The van der Waals surface area contributed by atoms with Crippen molar-refractivity contribution in [2.45, 2.75) is 43.2 Å². The molecule has 2 unspecified atom stereocenters. The third-order valence-corrected chi connectivity index (χ3v) is 5.49. The summed E-state index contributed by atoms with van der Waals surface area (Å²) in [6.45, 7) is 2.87. The number of urea groups is 1. The van der Waals surface area contributed by atoms with Gasteiger partial charge in [-0.25, -0.2) is 4.79 Å². The predicted octanol–water partition coefficient (Wildman–Crippen LogP) is 2.53. The Bertz CT molecular complexity index is 593. The van der Waals surface area contributed by atoms with Crippen LogP contribution in [0.5, 0.6) is 0 Å². The fourth-order valence-electron chi connectivity index (χ4n) is 3.30. The fraction of sp³-hybridized carbons (Fsp3) is 0.529. The lowest BCUT2D eigenvalue weighted by Crippen LogP contribution is -2.52. The number of hydrogen-bond acceptors (Lipinski definition) is 3. The number of fused-ring (bicyclic) bond motifs is 1. The van der Waals surface area contributed by atoms with Crippen LogP contribution in [0, 0.1) is 0 Å².